The minimum absolute atomic E-state index is 0.0637. The molecule has 0 radical (unpaired) electrons. The molecule has 0 fully saturated rings. The van der Waals surface area contributed by atoms with Crippen LogP contribution in [0.4, 0.5) is 4.39 Å². The Morgan fingerprint density at radius 3 is 2.85 bits per heavy atom. The Morgan fingerprint density at radius 2 is 2.08 bits per heavy atom. The molecule has 0 unspecified atom stereocenters. The first kappa shape index (κ1) is 8.88. The molecule has 0 atom stereocenters. The third kappa shape index (κ3) is 1.53. The number of carbonyl (C=O) groups excluding carboxylic acids is 1. The maximum absolute atomic E-state index is 13.3. The molecule has 0 saturated heterocycles. The topological polar surface area (TPSA) is 17.1 Å². The second-order valence-corrected chi connectivity index (χ2v) is 4.11. The molecule has 1 aliphatic rings. The van der Waals surface area contributed by atoms with Crippen molar-refractivity contribution in [2.75, 3.05) is 0 Å². The van der Waals surface area contributed by atoms with Gasteiger partial charge in [-0.25, -0.2) is 4.39 Å². The van der Waals surface area contributed by atoms with Gasteiger partial charge in [0.15, 0.2) is 5.78 Å². The quantitative estimate of drug-likeness (QED) is 0.684. The number of Topliss-reactive ketones (excluding diaryl/α,β-unsaturated/α-hetero) is 1. The maximum Gasteiger partial charge on any atom is 0.166 e. The Morgan fingerprint density at radius 1 is 1.31 bits per heavy atom. The van der Waals surface area contributed by atoms with E-state index in [1.54, 1.807) is 0 Å². The highest BCUT2D eigenvalue weighted by atomic mass is 79.9. The molecule has 3 heteroatoms. The zero-order valence-electron chi connectivity index (χ0n) is 6.94. The Labute approximate surface area is 84.1 Å². The first-order valence-electron chi connectivity index (χ1n) is 4.19. The van der Waals surface area contributed by atoms with Gasteiger partial charge in [-0.3, -0.25) is 4.79 Å². The first-order chi connectivity index (χ1) is 6.18. The summed E-state index contributed by atoms with van der Waals surface area (Å²) in [5, 5.41) is 0. The van der Waals surface area contributed by atoms with Gasteiger partial charge in [0, 0.05) is 10.9 Å². The molecular formula is C10H8BrFO. The highest BCUT2D eigenvalue weighted by Gasteiger charge is 2.21. The highest BCUT2D eigenvalue weighted by molar-refractivity contribution is 9.10. The van der Waals surface area contributed by atoms with Crippen LogP contribution in [0.3, 0.4) is 0 Å². The Balaban J connectivity index is 2.63. The number of hydrogen-bond donors (Lipinski definition) is 0. The van der Waals surface area contributed by atoms with Crippen LogP contribution in [0.5, 0.6) is 0 Å². The van der Waals surface area contributed by atoms with Gasteiger partial charge in [-0.15, -0.1) is 0 Å². The van der Waals surface area contributed by atoms with E-state index in [0.29, 0.717) is 16.5 Å². The number of hydrogen-bond acceptors (Lipinski definition) is 1. The van der Waals surface area contributed by atoms with Gasteiger partial charge in [0.25, 0.3) is 0 Å². The molecule has 0 heterocycles. The summed E-state index contributed by atoms with van der Waals surface area (Å²) in [6.07, 6.45) is 2.12. The van der Waals surface area contributed by atoms with Crippen LogP contribution in [-0.2, 0) is 6.42 Å². The summed E-state index contributed by atoms with van der Waals surface area (Å²) in [5.74, 6) is -0.458. The van der Waals surface area contributed by atoms with Crippen LogP contribution in [0, 0.1) is 5.82 Å². The minimum Gasteiger partial charge on any atom is -0.294 e. The number of rotatable bonds is 0. The maximum atomic E-state index is 13.3. The van der Waals surface area contributed by atoms with Crippen molar-refractivity contribution in [1.82, 2.24) is 0 Å². The molecule has 0 aromatic heterocycles. The number of aryl methyl sites for hydroxylation is 1. The van der Waals surface area contributed by atoms with E-state index in [-0.39, 0.29) is 5.78 Å². The molecule has 0 amide bonds. The van der Waals surface area contributed by atoms with Crippen molar-refractivity contribution >= 4 is 21.7 Å². The van der Waals surface area contributed by atoms with Crippen LogP contribution in [0.1, 0.15) is 28.8 Å². The van der Waals surface area contributed by atoms with E-state index in [9.17, 15) is 9.18 Å². The van der Waals surface area contributed by atoms with Crippen molar-refractivity contribution in [3.05, 3.63) is 33.5 Å². The van der Waals surface area contributed by atoms with E-state index in [4.69, 9.17) is 0 Å². The summed E-state index contributed by atoms with van der Waals surface area (Å²) in [5.41, 5.74) is 1.14. The van der Waals surface area contributed by atoms with Crippen LogP contribution < -0.4 is 0 Å². The molecule has 1 aromatic carbocycles. The normalized spacial score (nSPS) is 15.7. The van der Waals surface area contributed by atoms with E-state index >= 15 is 0 Å². The second-order valence-electron chi connectivity index (χ2n) is 3.20. The van der Waals surface area contributed by atoms with Crippen LogP contribution in [0.2, 0.25) is 0 Å². The lowest BCUT2D eigenvalue weighted by Crippen LogP contribution is -2.13. The lowest BCUT2D eigenvalue weighted by molar-refractivity contribution is 0.0968. The lowest BCUT2D eigenvalue weighted by atomic mass is 9.90. The third-order valence-electron chi connectivity index (χ3n) is 2.27. The zero-order valence-corrected chi connectivity index (χ0v) is 8.53. The van der Waals surface area contributed by atoms with Gasteiger partial charge in [0.05, 0.1) is 5.56 Å². The van der Waals surface area contributed by atoms with Crippen molar-refractivity contribution in [3.63, 3.8) is 0 Å². The molecule has 1 aliphatic carbocycles. The fourth-order valence-electron chi connectivity index (χ4n) is 1.70. The molecule has 13 heavy (non-hydrogen) atoms. The van der Waals surface area contributed by atoms with Gasteiger partial charge in [-0.1, -0.05) is 15.9 Å². The van der Waals surface area contributed by atoms with Gasteiger partial charge in [0.2, 0.25) is 0 Å². The lowest BCUT2D eigenvalue weighted by Gasteiger charge is -2.15. The van der Waals surface area contributed by atoms with Crippen molar-refractivity contribution < 1.29 is 9.18 Å². The van der Waals surface area contributed by atoms with Gasteiger partial charge < -0.3 is 0 Å². The summed E-state index contributed by atoms with van der Waals surface area (Å²) in [6.45, 7) is 0. The first-order valence-corrected chi connectivity index (χ1v) is 4.99. The van der Waals surface area contributed by atoms with E-state index in [0.717, 1.165) is 18.4 Å². The summed E-state index contributed by atoms with van der Waals surface area (Å²) in [7, 11) is 0. The number of ketones is 1. The Bertz CT molecular complexity index is 373. The molecule has 0 aliphatic heterocycles. The number of fused-ring (bicyclic) bond motifs is 1. The predicted octanol–water partition coefficient (Wildman–Crippen LogP) is 3.11. The standard InChI is InChI=1S/C10H8BrFO/c11-7-4-6-2-1-3-9(13)10(6)8(12)5-7/h4-5H,1-3H2. The summed E-state index contributed by atoms with van der Waals surface area (Å²) in [4.78, 5) is 11.4. The minimum atomic E-state index is -0.394. The Kier molecular flexibility index (Phi) is 2.20. The van der Waals surface area contributed by atoms with Crippen LogP contribution in [0.25, 0.3) is 0 Å². The average Bonchev–Trinajstić information content (AvgIpc) is 2.02. The summed E-state index contributed by atoms with van der Waals surface area (Å²) in [6, 6.07) is 3.18. The van der Waals surface area contributed by atoms with E-state index in [1.807, 2.05) is 6.07 Å². The van der Waals surface area contributed by atoms with Gasteiger partial charge in [-0.2, -0.15) is 0 Å². The van der Waals surface area contributed by atoms with Gasteiger partial charge >= 0.3 is 0 Å². The third-order valence-corrected chi connectivity index (χ3v) is 2.72. The Hall–Kier alpha value is -0.700. The molecule has 0 N–H and O–H groups in total. The van der Waals surface area contributed by atoms with E-state index in [1.165, 1.54) is 6.07 Å². The molecule has 0 saturated carbocycles. The SMILES string of the molecule is O=C1CCCc2cc(Br)cc(F)c21. The number of halogens is 2. The predicted molar refractivity (Wildman–Crippen MR) is 51.4 cm³/mol. The van der Waals surface area contributed by atoms with Crippen molar-refractivity contribution in [3.8, 4) is 0 Å². The largest absolute Gasteiger partial charge is 0.294 e. The van der Waals surface area contributed by atoms with Gasteiger partial charge in [0.1, 0.15) is 5.82 Å². The molecule has 68 valence electrons. The average molecular weight is 243 g/mol. The molecule has 0 bridgehead atoms. The van der Waals surface area contributed by atoms with E-state index < -0.39 is 5.82 Å². The van der Waals surface area contributed by atoms with Crippen molar-refractivity contribution in [2.24, 2.45) is 0 Å². The highest BCUT2D eigenvalue weighted by Crippen LogP contribution is 2.27. The monoisotopic (exact) mass is 242 g/mol. The van der Waals surface area contributed by atoms with E-state index in [2.05, 4.69) is 15.9 Å². The molecule has 1 nitrogen and oxygen atoms in total. The smallest absolute Gasteiger partial charge is 0.166 e. The zero-order chi connectivity index (χ0) is 9.42. The second kappa shape index (κ2) is 3.22. The van der Waals surface area contributed by atoms with Crippen LogP contribution in [-0.4, -0.2) is 5.78 Å². The number of carbonyl (C=O) groups is 1. The van der Waals surface area contributed by atoms with Crippen LogP contribution in [0.15, 0.2) is 16.6 Å². The number of benzene rings is 1. The molecule has 1 aromatic rings. The van der Waals surface area contributed by atoms with Crippen molar-refractivity contribution in [2.45, 2.75) is 19.3 Å². The summed E-state index contributed by atoms with van der Waals surface area (Å²) < 4.78 is 14.0. The van der Waals surface area contributed by atoms with Gasteiger partial charge in [-0.05, 0) is 30.5 Å². The van der Waals surface area contributed by atoms with Crippen molar-refractivity contribution in [1.29, 1.82) is 0 Å². The molecule has 2 rings (SSSR count). The molecular weight excluding hydrogens is 235 g/mol. The van der Waals surface area contributed by atoms with Crippen LogP contribution >= 0.6 is 15.9 Å². The summed E-state index contributed by atoms with van der Waals surface area (Å²) >= 11 is 3.21. The molecule has 0 spiro atoms. The fourth-order valence-corrected chi connectivity index (χ4v) is 2.18. The fraction of sp³-hybridized carbons (Fsp3) is 0.300.